The lowest BCUT2D eigenvalue weighted by molar-refractivity contribution is -0.110. The summed E-state index contributed by atoms with van der Waals surface area (Å²) in [6.45, 7) is 2.04. The summed E-state index contributed by atoms with van der Waals surface area (Å²) >= 11 is 1.31. The van der Waals surface area contributed by atoms with Crippen LogP contribution in [0.3, 0.4) is 0 Å². The van der Waals surface area contributed by atoms with Gasteiger partial charge in [0.1, 0.15) is 0 Å². The highest BCUT2D eigenvalue weighted by Crippen LogP contribution is 2.20. The van der Waals surface area contributed by atoms with E-state index in [1.54, 1.807) is 0 Å². The Labute approximate surface area is 106 Å². The maximum Gasteiger partial charge on any atom is 0.198 e. The highest BCUT2D eigenvalue weighted by Gasteiger charge is 2.05. The molecule has 2 heteroatoms. The van der Waals surface area contributed by atoms with E-state index in [1.165, 1.54) is 17.3 Å². The highest BCUT2D eigenvalue weighted by atomic mass is 32.2. The number of hydrogen-bond acceptors (Lipinski definition) is 2. The molecule has 1 nitrogen and oxygen atoms in total. The van der Waals surface area contributed by atoms with Crippen molar-refractivity contribution in [3.8, 4) is 0 Å². The topological polar surface area (TPSA) is 17.1 Å². The van der Waals surface area contributed by atoms with Gasteiger partial charge in [-0.2, -0.15) is 0 Å². The van der Waals surface area contributed by atoms with Crippen molar-refractivity contribution in [3.63, 3.8) is 0 Å². The zero-order chi connectivity index (χ0) is 12.1. The van der Waals surface area contributed by atoms with Crippen molar-refractivity contribution in [3.05, 3.63) is 65.7 Å². The fraction of sp³-hybridized carbons (Fsp3) is 0.133. The molecule has 0 aliphatic carbocycles. The van der Waals surface area contributed by atoms with E-state index in [-0.39, 0.29) is 5.12 Å². The van der Waals surface area contributed by atoms with Crippen molar-refractivity contribution in [1.82, 2.24) is 0 Å². The number of carbonyl (C=O) groups is 1. The van der Waals surface area contributed by atoms with Gasteiger partial charge in [-0.05, 0) is 24.6 Å². The second-order valence-corrected chi connectivity index (χ2v) is 5.08. The average molecular weight is 242 g/mol. The largest absolute Gasteiger partial charge is 0.286 e. The van der Waals surface area contributed by atoms with Crippen LogP contribution in [0.15, 0.2) is 59.5 Å². The molecule has 0 radical (unpaired) electrons. The summed E-state index contributed by atoms with van der Waals surface area (Å²) in [5.74, 6) is 0. The molecule has 86 valence electrons. The third kappa shape index (κ3) is 3.75. The number of aryl methyl sites for hydroxylation is 1. The molecule has 0 aliphatic rings. The molecule has 0 heterocycles. The molecule has 0 bridgehead atoms. The van der Waals surface area contributed by atoms with E-state index in [0.717, 1.165) is 10.5 Å². The minimum atomic E-state index is 0.181. The molecule has 2 aromatic rings. The Morgan fingerprint density at radius 2 is 1.65 bits per heavy atom. The first kappa shape index (κ1) is 11.9. The molecule has 0 aromatic heterocycles. The van der Waals surface area contributed by atoms with Crippen LogP contribution in [0, 0.1) is 6.92 Å². The van der Waals surface area contributed by atoms with Crippen LogP contribution < -0.4 is 0 Å². The zero-order valence-corrected chi connectivity index (χ0v) is 10.5. The van der Waals surface area contributed by atoms with E-state index in [9.17, 15) is 4.79 Å². The Kier molecular flexibility index (Phi) is 3.99. The summed E-state index contributed by atoms with van der Waals surface area (Å²) in [7, 11) is 0. The average Bonchev–Trinajstić information content (AvgIpc) is 2.33. The van der Waals surface area contributed by atoms with Gasteiger partial charge in [-0.15, -0.1) is 0 Å². The van der Waals surface area contributed by atoms with E-state index < -0.39 is 0 Å². The lowest BCUT2D eigenvalue weighted by Crippen LogP contribution is -1.96. The second kappa shape index (κ2) is 5.69. The van der Waals surface area contributed by atoms with Gasteiger partial charge in [0, 0.05) is 11.3 Å². The Morgan fingerprint density at radius 3 is 2.29 bits per heavy atom. The molecule has 0 amide bonds. The predicted octanol–water partition coefficient (Wildman–Crippen LogP) is 3.86. The molecule has 0 aliphatic heterocycles. The summed E-state index contributed by atoms with van der Waals surface area (Å²) in [6, 6.07) is 17.9. The van der Waals surface area contributed by atoms with E-state index in [2.05, 4.69) is 0 Å². The third-order valence-corrected chi connectivity index (χ3v) is 3.32. The molecule has 0 fully saturated rings. The first-order valence-corrected chi connectivity index (χ1v) is 6.37. The van der Waals surface area contributed by atoms with Gasteiger partial charge in [0.25, 0.3) is 0 Å². The van der Waals surface area contributed by atoms with Gasteiger partial charge in [0.15, 0.2) is 5.12 Å². The Hall–Kier alpha value is -1.54. The maximum absolute atomic E-state index is 11.8. The number of benzene rings is 2. The van der Waals surface area contributed by atoms with Gasteiger partial charge in [0.2, 0.25) is 0 Å². The number of thioether (sulfide) groups is 1. The Morgan fingerprint density at radius 1 is 1.00 bits per heavy atom. The fourth-order valence-corrected chi connectivity index (χ4v) is 2.31. The first-order valence-electron chi connectivity index (χ1n) is 5.55. The van der Waals surface area contributed by atoms with Crippen LogP contribution >= 0.6 is 11.8 Å². The zero-order valence-electron chi connectivity index (χ0n) is 9.72. The summed E-state index contributed by atoms with van der Waals surface area (Å²) in [5, 5.41) is 0.181. The molecular weight excluding hydrogens is 228 g/mol. The van der Waals surface area contributed by atoms with Gasteiger partial charge in [-0.3, -0.25) is 4.79 Å². The summed E-state index contributed by atoms with van der Waals surface area (Å²) in [4.78, 5) is 12.8. The van der Waals surface area contributed by atoms with Gasteiger partial charge >= 0.3 is 0 Å². The number of carbonyl (C=O) groups excluding carboxylic acids is 1. The van der Waals surface area contributed by atoms with Crippen molar-refractivity contribution in [1.29, 1.82) is 0 Å². The molecule has 0 saturated heterocycles. The molecule has 2 aromatic carbocycles. The molecule has 0 spiro atoms. The van der Waals surface area contributed by atoms with E-state index in [4.69, 9.17) is 0 Å². The molecule has 2 rings (SSSR count). The van der Waals surface area contributed by atoms with Crippen LogP contribution in [-0.4, -0.2) is 5.12 Å². The quantitative estimate of drug-likeness (QED) is 0.760. The summed E-state index contributed by atoms with van der Waals surface area (Å²) in [6.07, 6.45) is 0.485. The van der Waals surface area contributed by atoms with Crippen LogP contribution in [0.25, 0.3) is 0 Å². The maximum atomic E-state index is 11.8. The number of rotatable bonds is 3. The van der Waals surface area contributed by atoms with Gasteiger partial charge in [-0.1, -0.05) is 59.8 Å². The van der Waals surface area contributed by atoms with Crippen LogP contribution in [0.2, 0.25) is 0 Å². The highest BCUT2D eigenvalue weighted by molar-refractivity contribution is 8.13. The molecule has 0 unspecified atom stereocenters. The fourth-order valence-electron chi connectivity index (χ4n) is 1.54. The minimum absolute atomic E-state index is 0.181. The van der Waals surface area contributed by atoms with E-state index in [1.807, 2.05) is 61.5 Å². The van der Waals surface area contributed by atoms with Gasteiger partial charge < -0.3 is 0 Å². The Balaban J connectivity index is 1.96. The molecule has 0 saturated carbocycles. The standard InChI is InChI=1S/C15H14OS/c1-12-7-9-14(10-8-12)17-15(16)11-13-5-3-2-4-6-13/h2-10H,11H2,1H3. The van der Waals surface area contributed by atoms with Crippen molar-refractivity contribution in [2.75, 3.05) is 0 Å². The van der Waals surface area contributed by atoms with Gasteiger partial charge in [-0.25, -0.2) is 0 Å². The third-order valence-electron chi connectivity index (χ3n) is 2.44. The monoisotopic (exact) mass is 242 g/mol. The lowest BCUT2D eigenvalue weighted by Gasteiger charge is -2.01. The van der Waals surface area contributed by atoms with E-state index in [0.29, 0.717) is 6.42 Å². The van der Waals surface area contributed by atoms with Crippen LogP contribution in [0.1, 0.15) is 11.1 Å². The van der Waals surface area contributed by atoms with Crippen LogP contribution in [0.5, 0.6) is 0 Å². The molecule has 0 N–H and O–H groups in total. The SMILES string of the molecule is Cc1ccc(SC(=O)Cc2ccccc2)cc1. The van der Waals surface area contributed by atoms with Gasteiger partial charge in [0.05, 0.1) is 0 Å². The normalized spacial score (nSPS) is 10.2. The van der Waals surface area contributed by atoms with Crippen molar-refractivity contribution in [2.45, 2.75) is 18.2 Å². The van der Waals surface area contributed by atoms with Crippen molar-refractivity contribution < 1.29 is 4.79 Å². The van der Waals surface area contributed by atoms with Crippen LogP contribution in [0.4, 0.5) is 0 Å². The molecular formula is C15H14OS. The lowest BCUT2D eigenvalue weighted by atomic mass is 10.2. The molecule has 17 heavy (non-hydrogen) atoms. The van der Waals surface area contributed by atoms with Crippen molar-refractivity contribution >= 4 is 16.9 Å². The summed E-state index contributed by atoms with van der Waals surface area (Å²) in [5.41, 5.74) is 2.28. The second-order valence-electron chi connectivity index (χ2n) is 3.95. The predicted molar refractivity (Wildman–Crippen MR) is 72.2 cm³/mol. The smallest absolute Gasteiger partial charge is 0.198 e. The number of hydrogen-bond donors (Lipinski definition) is 0. The van der Waals surface area contributed by atoms with E-state index >= 15 is 0 Å². The minimum Gasteiger partial charge on any atom is -0.286 e. The van der Waals surface area contributed by atoms with Crippen molar-refractivity contribution in [2.24, 2.45) is 0 Å². The molecule has 0 atom stereocenters. The summed E-state index contributed by atoms with van der Waals surface area (Å²) < 4.78 is 0. The Bertz CT molecular complexity index is 488. The van der Waals surface area contributed by atoms with Crippen LogP contribution in [-0.2, 0) is 11.2 Å². The first-order chi connectivity index (χ1) is 8.24.